The van der Waals surface area contributed by atoms with E-state index in [-0.39, 0.29) is 0 Å². The molecule has 0 radical (unpaired) electrons. The Morgan fingerprint density at radius 3 is 2.77 bits per heavy atom. The van der Waals surface area contributed by atoms with Crippen LogP contribution in [0.15, 0.2) is 24.3 Å². The maximum Gasteiger partial charge on any atom is 0.0894 e. The van der Waals surface area contributed by atoms with E-state index in [0.717, 1.165) is 11.3 Å². The summed E-state index contributed by atoms with van der Waals surface area (Å²) in [4.78, 5) is 0. The minimum absolute atomic E-state index is 0.446. The van der Waals surface area contributed by atoms with Crippen LogP contribution in [0.1, 0.15) is 18.6 Å². The molecule has 0 fully saturated rings. The predicted molar refractivity (Wildman–Crippen MR) is 59.4 cm³/mol. The van der Waals surface area contributed by atoms with E-state index < -0.39 is 6.10 Å². The third kappa shape index (κ3) is 3.22. The van der Waals surface area contributed by atoms with Crippen molar-refractivity contribution in [3.8, 4) is 0 Å². The maximum absolute atomic E-state index is 9.73. The van der Waals surface area contributed by atoms with E-state index in [1.807, 2.05) is 18.2 Å². The molecule has 0 spiro atoms. The molecule has 72 valence electrons. The third-order valence-corrected chi connectivity index (χ3v) is 3.05. The average molecular weight is 217 g/mol. The Kier molecular flexibility index (Phi) is 4.64. The Balaban J connectivity index is 2.65. The van der Waals surface area contributed by atoms with Gasteiger partial charge in [0.25, 0.3) is 0 Å². The molecule has 1 atom stereocenters. The van der Waals surface area contributed by atoms with Crippen LogP contribution in [-0.4, -0.2) is 16.6 Å². The summed E-state index contributed by atoms with van der Waals surface area (Å²) >= 11 is 7.64. The van der Waals surface area contributed by atoms with Crippen LogP contribution >= 0.6 is 23.4 Å². The smallest absolute Gasteiger partial charge is 0.0894 e. The molecule has 0 heterocycles. The molecule has 0 saturated heterocycles. The number of benzene rings is 1. The molecule has 1 aromatic carbocycles. The van der Waals surface area contributed by atoms with Crippen LogP contribution in [0.25, 0.3) is 0 Å². The maximum atomic E-state index is 9.73. The van der Waals surface area contributed by atoms with Crippen molar-refractivity contribution in [2.45, 2.75) is 13.0 Å². The zero-order chi connectivity index (χ0) is 9.68. The van der Waals surface area contributed by atoms with Gasteiger partial charge in [-0.05, 0) is 17.4 Å². The standard InChI is InChI=1S/C10H13ClOS/c1-2-13-7-10(12)8-5-3-4-6-9(8)11/h3-6,10,12H,2,7H2,1H3. The summed E-state index contributed by atoms with van der Waals surface area (Å²) in [6.45, 7) is 2.07. The van der Waals surface area contributed by atoms with Gasteiger partial charge < -0.3 is 5.11 Å². The lowest BCUT2D eigenvalue weighted by atomic mass is 10.1. The number of hydrogen-bond donors (Lipinski definition) is 1. The van der Waals surface area contributed by atoms with Crippen molar-refractivity contribution in [1.29, 1.82) is 0 Å². The van der Waals surface area contributed by atoms with E-state index in [9.17, 15) is 5.11 Å². The normalized spacial score (nSPS) is 12.8. The van der Waals surface area contributed by atoms with E-state index in [1.165, 1.54) is 0 Å². The van der Waals surface area contributed by atoms with Gasteiger partial charge in [-0.3, -0.25) is 0 Å². The monoisotopic (exact) mass is 216 g/mol. The van der Waals surface area contributed by atoms with Crippen LogP contribution in [-0.2, 0) is 0 Å². The van der Waals surface area contributed by atoms with E-state index in [4.69, 9.17) is 11.6 Å². The van der Waals surface area contributed by atoms with Crippen LogP contribution in [0.5, 0.6) is 0 Å². The summed E-state index contributed by atoms with van der Waals surface area (Å²) in [5.41, 5.74) is 0.824. The summed E-state index contributed by atoms with van der Waals surface area (Å²) in [7, 11) is 0. The number of halogens is 1. The molecule has 0 aromatic heterocycles. The Hall–Kier alpha value is -0.180. The average Bonchev–Trinajstić information content (AvgIpc) is 2.15. The van der Waals surface area contributed by atoms with Gasteiger partial charge >= 0.3 is 0 Å². The largest absolute Gasteiger partial charge is 0.387 e. The summed E-state index contributed by atoms with van der Waals surface area (Å²) in [6, 6.07) is 7.42. The molecule has 0 aliphatic rings. The zero-order valence-corrected chi connectivity index (χ0v) is 9.11. The molecular formula is C10H13ClOS. The van der Waals surface area contributed by atoms with Crippen molar-refractivity contribution >= 4 is 23.4 Å². The Morgan fingerprint density at radius 1 is 1.46 bits per heavy atom. The summed E-state index contributed by atoms with van der Waals surface area (Å²) in [6.07, 6.45) is -0.446. The molecule has 1 rings (SSSR count). The second-order valence-electron chi connectivity index (χ2n) is 2.70. The Morgan fingerprint density at radius 2 is 2.15 bits per heavy atom. The fraction of sp³-hybridized carbons (Fsp3) is 0.400. The number of aliphatic hydroxyl groups is 1. The van der Waals surface area contributed by atoms with Crippen LogP contribution in [0.2, 0.25) is 5.02 Å². The molecule has 1 aromatic rings. The van der Waals surface area contributed by atoms with Crippen molar-refractivity contribution < 1.29 is 5.11 Å². The van der Waals surface area contributed by atoms with Gasteiger partial charge in [0.05, 0.1) is 6.10 Å². The second kappa shape index (κ2) is 5.53. The van der Waals surface area contributed by atoms with Gasteiger partial charge in [-0.2, -0.15) is 11.8 Å². The van der Waals surface area contributed by atoms with Gasteiger partial charge in [-0.25, -0.2) is 0 Å². The first-order chi connectivity index (χ1) is 6.25. The fourth-order valence-corrected chi connectivity index (χ4v) is 1.96. The van der Waals surface area contributed by atoms with Crippen molar-refractivity contribution in [2.75, 3.05) is 11.5 Å². The van der Waals surface area contributed by atoms with E-state index >= 15 is 0 Å². The molecule has 0 aliphatic carbocycles. The topological polar surface area (TPSA) is 20.2 Å². The van der Waals surface area contributed by atoms with Gasteiger partial charge in [0.15, 0.2) is 0 Å². The quantitative estimate of drug-likeness (QED) is 0.835. The SMILES string of the molecule is CCSCC(O)c1ccccc1Cl. The molecule has 0 aliphatic heterocycles. The van der Waals surface area contributed by atoms with E-state index in [0.29, 0.717) is 10.8 Å². The van der Waals surface area contributed by atoms with Crippen molar-refractivity contribution in [3.05, 3.63) is 34.9 Å². The van der Waals surface area contributed by atoms with Crippen molar-refractivity contribution in [2.24, 2.45) is 0 Å². The molecule has 0 saturated carbocycles. The molecule has 3 heteroatoms. The van der Waals surface area contributed by atoms with Gasteiger partial charge in [-0.1, -0.05) is 36.7 Å². The van der Waals surface area contributed by atoms with Gasteiger partial charge in [0.2, 0.25) is 0 Å². The predicted octanol–water partition coefficient (Wildman–Crippen LogP) is 3.13. The van der Waals surface area contributed by atoms with Crippen molar-refractivity contribution in [1.82, 2.24) is 0 Å². The highest BCUT2D eigenvalue weighted by molar-refractivity contribution is 7.99. The first-order valence-electron chi connectivity index (χ1n) is 4.26. The minimum atomic E-state index is -0.446. The molecule has 13 heavy (non-hydrogen) atoms. The molecular weight excluding hydrogens is 204 g/mol. The molecule has 0 bridgehead atoms. The Labute approximate surface area is 88.1 Å². The lowest BCUT2D eigenvalue weighted by Crippen LogP contribution is -2.01. The van der Waals surface area contributed by atoms with Crippen LogP contribution in [0.4, 0.5) is 0 Å². The number of thioether (sulfide) groups is 1. The van der Waals surface area contributed by atoms with Gasteiger partial charge in [0, 0.05) is 10.8 Å². The molecule has 0 amide bonds. The highest BCUT2D eigenvalue weighted by Gasteiger charge is 2.09. The highest BCUT2D eigenvalue weighted by Crippen LogP contribution is 2.24. The number of aliphatic hydroxyl groups excluding tert-OH is 1. The van der Waals surface area contributed by atoms with Crippen molar-refractivity contribution in [3.63, 3.8) is 0 Å². The van der Waals surface area contributed by atoms with Crippen LogP contribution in [0, 0.1) is 0 Å². The molecule has 1 nitrogen and oxygen atoms in total. The number of hydrogen-bond acceptors (Lipinski definition) is 2. The fourth-order valence-electron chi connectivity index (χ4n) is 1.06. The highest BCUT2D eigenvalue weighted by atomic mass is 35.5. The third-order valence-electron chi connectivity index (χ3n) is 1.74. The second-order valence-corrected chi connectivity index (χ2v) is 4.42. The Bertz CT molecular complexity index is 265. The molecule has 1 unspecified atom stereocenters. The van der Waals surface area contributed by atoms with Crippen LogP contribution in [0.3, 0.4) is 0 Å². The number of rotatable bonds is 4. The first kappa shape index (κ1) is 10.9. The summed E-state index contributed by atoms with van der Waals surface area (Å²) < 4.78 is 0. The lowest BCUT2D eigenvalue weighted by molar-refractivity contribution is 0.204. The first-order valence-corrected chi connectivity index (χ1v) is 5.79. The van der Waals surface area contributed by atoms with Gasteiger partial charge in [0.1, 0.15) is 0 Å². The minimum Gasteiger partial charge on any atom is -0.387 e. The van der Waals surface area contributed by atoms with Gasteiger partial charge in [-0.15, -0.1) is 0 Å². The van der Waals surface area contributed by atoms with Crippen LogP contribution < -0.4 is 0 Å². The summed E-state index contributed by atoms with van der Waals surface area (Å²) in [5.74, 6) is 1.72. The zero-order valence-electron chi connectivity index (χ0n) is 7.53. The molecule has 1 N–H and O–H groups in total. The summed E-state index contributed by atoms with van der Waals surface area (Å²) in [5, 5.41) is 10.4. The lowest BCUT2D eigenvalue weighted by Gasteiger charge is -2.11. The van der Waals surface area contributed by atoms with E-state index in [2.05, 4.69) is 6.92 Å². The van der Waals surface area contributed by atoms with E-state index in [1.54, 1.807) is 17.8 Å².